The second kappa shape index (κ2) is 9.35. The van der Waals surface area contributed by atoms with Crippen molar-refractivity contribution in [1.29, 1.82) is 0 Å². The summed E-state index contributed by atoms with van der Waals surface area (Å²) in [6.45, 7) is 0.724. The lowest BCUT2D eigenvalue weighted by atomic mass is 9.99. The van der Waals surface area contributed by atoms with E-state index in [0.717, 1.165) is 5.56 Å². The SMILES string of the molecule is CN(C)CCOc1cc2ncnc(-c3cn(C)nc3-c3ccccc3)c2nc1C1CC1(C(N)=O)C(F)(F)F. The Bertz CT molecular complexity index is 1500. The fourth-order valence-corrected chi connectivity index (χ4v) is 4.67. The lowest BCUT2D eigenvalue weighted by Gasteiger charge is -2.19. The fourth-order valence-electron chi connectivity index (χ4n) is 4.67. The number of rotatable bonds is 8. The van der Waals surface area contributed by atoms with E-state index < -0.39 is 29.8 Å². The molecule has 0 aliphatic heterocycles. The molecule has 0 saturated heterocycles. The van der Waals surface area contributed by atoms with Gasteiger partial charge in [-0.05, 0) is 20.5 Å². The van der Waals surface area contributed by atoms with E-state index in [1.54, 1.807) is 24.0 Å². The highest BCUT2D eigenvalue weighted by atomic mass is 19.4. The molecule has 9 nitrogen and oxygen atoms in total. The lowest BCUT2D eigenvalue weighted by molar-refractivity contribution is -0.192. The first-order chi connectivity index (χ1) is 18.0. The van der Waals surface area contributed by atoms with Gasteiger partial charge in [-0.25, -0.2) is 15.0 Å². The van der Waals surface area contributed by atoms with Gasteiger partial charge in [-0.15, -0.1) is 0 Å². The van der Waals surface area contributed by atoms with Crippen molar-refractivity contribution in [3.05, 3.63) is 54.6 Å². The summed E-state index contributed by atoms with van der Waals surface area (Å²) in [4.78, 5) is 27.4. The number of pyridine rings is 1. The fraction of sp³-hybridized carbons (Fsp3) is 0.346. The number of halogens is 3. The number of amides is 1. The van der Waals surface area contributed by atoms with E-state index in [2.05, 4.69) is 20.1 Å². The molecule has 5 rings (SSSR count). The third kappa shape index (κ3) is 4.34. The number of nitrogens with zero attached hydrogens (tertiary/aromatic N) is 6. The number of aromatic nitrogens is 5. The lowest BCUT2D eigenvalue weighted by Crippen LogP contribution is -2.39. The molecule has 1 fully saturated rings. The van der Waals surface area contributed by atoms with Crippen molar-refractivity contribution in [3.63, 3.8) is 0 Å². The predicted octanol–water partition coefficient (Wildman–Crippen LogP) is 3.55. The number of primary amides is 1. The number of benzene rings is 1. The Morgan fingerprint density at radius 2 is 1.95 bits per heavy atom. The zero-order chi connectivity index (χ0) is 27.2. The molecule has 1 saturated carbocycles. The number of fused-ring (bicyclic) bond motifs is 1. The number of hydrogen-bond acceptors (Lipinski definition) is 7. The van der Waals surface area contributed by atoms with Crippen LogP contribution in [-0.2, 0) is 11.8 Å². The van der Waals surface area contributed by atoms with Crippen LogP contribution in [0.15, 0.2) is 48.9 Å². The van der Waals surface area contributed by atoms with Crippen molar-refractivity contribution in [2.24, 2.45) is 18.2 Å². The Labute approximate surface area is 216 Å². The van der Waals surface area contributed by atoms with Crippen LogP contribution in [0.5, 0.6) is 5.75 Å². The number of ether oxygens (including phenoxy) is 1. The molecule has 198 valence electrons. The first-order valence-corrected chi connectivity index (χ1v) is 11.9. The highest BCUT2D eigenvalue weighted by Gasteiger charge is 2.76. The van der Waals surface area contributed by atoms with E-state index in [-0.39, 0.29) is 23.6 Å². The van der Waals surface area contributed by atoms with Crippen LogP contribution in [0.2, 0.25) is 0 Å². The number of aryl methyl sites for hydroxylation is 1. The smallest absolute Gasteiger partial charge is 0.403 e. The minimum Gasteiger partial charge on any atom is -0.490 e. The summed E-state index contributed by atoms with van der Waals surface area (Å²) in [5, 5.41) is 4.58. The van der Waals surface area contributed by atoms with Crippen LogP contribution in [0, 0.1) is 5.41 Å². The molecule has 0 radical (unpaired) electrons. The molecule has 0 spiro atoms. The number of alkyl halides is 3. The van der Waals surface area contributed by atoms with Crippen molar-refractivity contribution in [2.75, 3.05) is 27.2 Å². The summed E-state index contributed by atoms with van der Waals surface area (Å²) < 4.78 is 49.7. The van der Waals surface area contributed by atoms with Gasteiger partial charge in [0.25, 0.3) is 0 Å². The molecule has 1 aliphatic rings. The Morgan fingerprint density at radius 3 is 2.58 bits per heavy atom. The molecule has 4 aromatic rings. The zero-order valence-electron chi connectivity index (χ0n) is 21.0. The van der Waals surface area contributed by atoms with Crippen LogP contribution in [0.3, 0.4) is 0 Å². The Kier molecular flexibility index (Phi) is 6.30. The van der Waals surface area contributed by atoms with E-state index >= 15 is 0 Å². The van der Waals surface area contributed by atoms with Gasteiger partial charge < -0.3 is 15.4 Å². The molecule has 3 heterocycles. The van der Waals surface area contributed by atoms with Gasteiger partial charge in [-0.3, -0.25) is 9.48 Å². The molecule has 2 unspecified atom stereocenters. The van der Waals surface area contributed by atoms with Crippen molar-refractivity contribution < 1.29 is 22.7 Å². The average Bonchev–Trinajstić information content (AvgIpc) is 3.53. The third-order valence-electron chi connectivity index (χ3n) is 6.77. The molecule has 1 aromatic carbocycles. The van der Waals surface area contributed by atoms with E-state index in [1.807, 2.05) is 49.3 Å². The van der Waals surface area contributed by atoms with Gasteiger partial charge in [0.15, 0.2) is 5.41 Å². The van der Waals surface area contributed by atoms with Crippen LogP contribution in [-0.4, -0.2) is 69.0 Å². The van der Waals surface area contributed by atoms with Crippen LogP contribution < -0.4 is 10.5 Å². The number of carbonyl (C=O) groups excluding carboxylic acids is 1. The minimum absolute atomic E-state index is 0.00795. The molecule has 3 aromatic heterocycles. The third-order valence-corrected chi connectivity index (χ3v) is 6.77. The molecule has 2 N–H and O–H groups in total. The van der Waals surface area contributed by atoms with Crippen LogP contribution in [0.25, 0.3) is 33.5 Å². The number of carbonyl (C=O) groups is 1. The number of likely N-dealkylation sites (N-methyl/N-ethyl adjacent to an activating group) is 1. The van der Waals surface area contributed by atoms with E-state index in [4.69, 9.17) is 10.5 Å². The van der Waals surface area contributed by atoms with Gasteiger partial charge in [0.05, 0.1) is 11.2 Å². The van der Waals surface area contributed by atoms with Crippen molar-refractivity contribution >= 4 is 16.9 Å². The van der Waals surface area contributed by atoms with E-state index in [0.29, 0.717) is 29.0 Å². The zero-order valence-corrected chi connectivity index (χ0v) is 21.0. The van der Waals surface area contributed by atoms with Crippen molar-refractivity contribution in [1.82, 2.24) is 29.6 Å². The predicted molar refractivity (Wildman–Crippen MR) is 134 cm³/mol. The first-order valence-electron chi connectivity index (χ1n) is 11.9. The number of hydrogen-bond donors (Lipinski definition) is 1. The molecule has 1 amide bonds. The van der Waals surface area contributed by atoms with Crippen molar-refractivity contribution in [2.45, 2.75) is 18.5 Å². The molecular formula is C26H26F3N7O2. The first kappa shape index (κ1) is 25.6. The number of nitrogens with two attached hydrogens (primary N) is 1. The van der Waals surface area contributed by atoms with Gasteiger partial charge in [0.1, 0.15) is 35.6 Å². The summed E-state index contributed by atoms with van der Waals surface area (Å²) in [6, 6.07) is 11.0. The van der Waals surface area contributed by atoms with Crippen LogP contribution in [0.4, 0.5) is 13.2 Å². The Morgan fingerprint density at radius 1 is 1.21 bits per heavy atom. The second-order valence-electron chi connectivity index (χ2n) is 9.63. The molecule has 2 atom stereocenters. The summed E-state index contributed by atoms with van der Waals surface area (Å²) in [6.07, 6.45) is -2.20. The normalized spacial score (nSPS) is 19.2. The molecule has 12 heteroatoms. The topological polar surface area (TPSA) is 112 Å². The minimum atomic E-state index is -4.83. The Hall–Kier alpha value is -4.06. The van der Waals surface area contributed by atoms with Gasteiger partial charge in [0.2, 0.25) is 5.91 Å². The maximum absolute atomic E-state index is 14.1. The van der Waals surface area contributed by atoms with Gasteiger partial charge in [-0.2, -0.15) is 18.3 Å². The highest BCUT2D eigenvalue weighted by molar-refractivity contribution is 5.94. The molecule has 38 heavy (non-hydrogen) atoms. The van der Waals surface area contributed by atoms with E-state index in [1.165, 1.54) is 6.33 Å². The van der Waals surface area contributed by atoms with Gasteiger partial charge in [-0.1, -0.05) is 30.3 Å². The summed E-state index contributed by atoms with van der Waals surface area (Å²) in [5.41, 5.74) is 5.77. The highest BCUT2D eigenvalue weighted by Crippen LogP contribution is 2.68. The van der Waals surface area contributed by atoms with Gasteiger partial charge >= 0.3 is 6.18 Å². The summed E-state index contributed by atoms with van der Waals surface area (Å²) in [7, 11) is 5.47. The summed E-state index contributed by atoms with van der Waals surface area (Å²) >= 11 is 0. The molecule has 0 bridgehead atoms. The second-order valence-corrected chi connectivity index (χ2v) is 9.63. The maximum atomic E-state index is 14.1. The Balaban J connectivity index is 1.69. The van der Waals surface area contributed by atoms with Crippen LogP contribution >= 0.6 is 0 Å². The molecular weight excluding hydrogens is 499 g/mol. The quantitative estimate of drug-likeness (QED) is 0.374. The summed E-state index contributed by atoms with van der Waals surface area (Å²) in [5.74, 6) is -2.58. The average molecular weight is 526 g/mol. The van der Waals surface area contributed by atoms with E-state index in [9.17, 15) is 18.0 Å². The standard InChI is InChI=1S/C26H26F3N7O2/c1-35(2)9-10-38-19-11-18-23(33-22(19)17-12-25(17,24(30)37)26(27,28)29)21(32-14-31-18)16-13-36(3)34-20(16)15-7-5-4-6-8-15/h4-8,11,13-14,17H,9-10,12H2,1-3H3,(H2,30,37). The van der Waals surface area contributed by atoms with Gasteiger partial charge in [0, 0.05) is 42.9 Å². The maximum Gasteiger partial charge on any atom is 0.403 e. The van der Waals surface area contributed by atoms with Crippen molar-refractivity contribution in [3.8, 4) is 28.3 Å². The largest absolute Gasteiger partial charge is 0.490 e. The van der Waals surface area contributed by atoms with Crippen LogP contribution in [0.1, 0.15) is 18.0 Å². The monoisotopic (exact) mass is 525 g/mol. The molecule has 1 aliphatic carbocycles.